The molecule has 0 bridgehead atoms. The lowest BCUT2D eigenvalue weighted by atomic mass is 9.94. The van der Waals surface area contributed by atoms with E-state index in [0.29, 0.717) is 0 Å². The maximum absolute atomic E-state index is 5.51. The van der Waals surface area contributed by atoms with Gasteiger partial charge in [-0.2, -0.15) is 0 Å². The van der Waals surface area contributed by atoms with Gasteiger partial charge in [0.15, 0.2) is 0 Å². The van der Waals surface area contributed by atoms with Crippen molar-refractivity contribution in [2.45, 2.75) is 58.4 Å². The van der Waals surface area contributed by atoms with Gasteiger partial charge in [-0.1, -0.05) is 13.8 Å². The summed E-state index contributed by atoms with van der Waals surface area (Å²) < 4.78 is 5.51. The summed E-state index contributed by atoms with van der Waals surface area (Å²) in [6.45, 7) is 7.67. The van der Waals surface area contributed by atoms with Crippen LogP contribution in [0.4, 0.5) is 0 Å². The second-order valence-corrected chi connectivity index (χ2v) is 4.72. The first kappa shape index (κ1) is 13.0. The highest BCUT2D eigenvalue weighted by atomic mass is 16.5. The van der Waals surface area contributed by atoms with Gasteiger partial charge in [-0.15, -0.1) is 0 Å². The lowest BCUT2D eigenvalue weighted by Crippen LogP contribution is -2.30. The largest absolute Gasteiger partial charge is 0.381 e. The van der Waals surface area contributed by atoms with Crippen molar-refractivity contribution < 1.29 is 4.74 Å². The van der Waals surface area contributed by atoms with Crippen molar-refractivity contribution in [2.75, 3.05) is 19.8 Å². The molecule has 0 spiro atoms. The zero-order chi connectivity index (χ0) is 10.9. The molecule has 0 amide bonds. The standard InChI is InChI=1S/C13H27NO/c1-3-9-14-13(4-2)8-7-12-6-5-10-15-11-12/h12-14H,3-11H2,1-2H3. The molecule has 2 unspecified atom stereocenters. The van der Waals surface area contributed by atoms with Crippen molar-refractivity contribution in [1.82, 2.24) is 5.32 Å². The van der Waals surface area contributed by atoms with Crippen LogP contribution >= 0.6 is 0 Å². The molecule has 2 nitrogen and oxygen atoms in total. The number of hydrogen-bond acceptors (Lipinski definition) is 2. The highest BCUT2D eigenvalue weighted by Gasteiger charge is 2.15. The Kier molecular flexibility index (Phi) is 7.03. The first-order valence-corrected chi connectivity index (χ1v) is 6.68. The Morgan fingerprint density at radius 2 is 2.27 bits per heavy atom. The Balaban J connectivity index is 2.09. The zero-order valence-corrected chi connectivity index (χ0v) is 10.4. The summed E-state index contributed by atoms with van der Waals surface area (Å²) in [6.07, 6.45) is 7.81. The topological polar surface area (TPSA) is 21.3 Å². The van der Waals surface area contributed by atoms with Crippen LogP contribution in [0.2, 0.25) is 0 Å². The Hall–Kier alpha value is -0.0800. The first-order chi connectivity index (χ1) is 7.36. The zero-order valence-electron chi connectivity index (χ0n) is 10.4. The average Bonchev–Trinajstić information content (AvgIpc) is 2.31. The van der Waals surface area contributed by atoms with Gasteiger partial charge in [0.2, 0.25) is 0 Å². The molecule has 0 radical (unpaired) electrons. The molecular formula is C13H27NO. The summed E-state index contributed by atoms with van der Waals surface area (Å²) in [5, 5.41) is 3.62. The van der Waals surface area contributed by atoms with Crippen LogP contribution < -0.4 is 5.32 Å². The Bertz CT molecular complexity index is 143. The van der Waals surface area contributed by atoms with Gasteiger partial charge in [-0.25, -0.2) is 0 Å². The molecule has 0 aromatic heterocycles. The molecule has 1 fully saturated rings. The van der Waals surface area contributed by atoms with Gasteiger partial charge in [-0.05, 0) is 51.0 Å². The predicted octanol–water partition coefficient (Wildman–Crippen LogP) is 2.97. The van der Waals surface area contributed by atoms with Crippen LogP contribution in [-0.4, -0.2) is 25.8 Å². The summed E-state index contributed by atoms with van der Waals surface area (Å²) >= 11 is 0. The van der Waals surface area contributed by atoms with Crippen molar-refractivity contribution >= 4 is 0 Å². The van der Waals surface area contributed by atoms with Gasteiger partial charge >= 0.3 is 0 Å². The molecule has 0 aromatic rings. The van der Waals surface area contributed by atoms with Crippen molar-refractivity contribution in [2.24, 2.45) is 5.92 Å². The van der Waals surface area contributed by atoms with Crippen LogP contribution in [0, 0.1) is 5.92 Å². The minimum atomic E-state index is 0.729. The van der Waals surface area contributed by atoms with E-state index in [4.69, 9.17) is 4.74 Å². The quantitative estimate of drug-likeness (QED) is 0.702. The number of rotatable bonds is 7. The van der Waals surface area contributed by atoms with Crippen LogP contribution in [0.15, 0.2) is 0 Å². The normalized spacial score (nSPS) is 24.0. The van der Waals surface area contributed by atoms with E-state index in [-0.39, 0.29) is 0 Å². The van der Waals surface area contributed by atoms with Gasteiger partial charge < -0.3 is 10.1 Å². The fourth-order valence-electron chi connectivity index (χ4n) is 2.27. The van der Waals surface area contributed by atoms with Crippen LogP contribution in [0.25, 0.3) is 0 Å². The Labute approximate surface area is 94.8 Å². The van der Waals surface area contributed by atoms with Gasteiger partial charge in [0, 0.05) is 19.3 Å². The molecule has 0 aromatic carbocycles. The highest BCUT2D eigenvalue weighted by molar-refractivity contribution is 4.69. The van der Waals surface area contributed by atoms with Gasteiger partial charge in [0.1, 0.15) is 0 Å². The van der Waals surface area contributed by atoms with Crippen molar-refractivity contribution in [3.8, 4) is 0 Å². The summed E-state index contributed by atoms with van der Waals surface area (Å²) in [7, 11) is 0. The summed E-state index contributed by atoms with van der Waals surface area (Å²) in [4.78, 5) is 0. The van der Waals surface area contributed by atoms with Crippen LogP contribution in [0.5, 0.6) is 0 Å². The molecule has 0 aliphatic carbocycles. The molecule has 1 rings (SSSR count). The fourth-order valence-corrected chi connectivity index (χ4v) is 2.27. The molecule has 90 valence electrons. The van der Waals surface area contributed by atoms with E-state index in [1.165, 1.54) is 45.1 Å². The number of nitrogens with one attached hydrogen (secondary N) is 1. The minimum absolute atomic E-state index is 0.729. The van der Waals surface area contributed by atoms with E-state index in [1.54, 1.807) is 0 Å². The molecule has 2 heteroatoms. The maximum Gasteiger partial charge on any atom is 0.0494 e. The number of ether oxygens (including phenoxy) is 1. The van der Waals surface area contributed by atoms with Crippen molar-refractivity contribution in [3.63, 3.8) is 0 Å². The smallest absolute Gasteiger partial charge is 0.0494 e. The highest BCUT2D eigenvalue weighted by Crippen LogP contribution is 2.20. The minimum Gasteiger partial charge on any atom is -0.381 e. The summed E-state index contributed by atoms with van der Waals surface area (Å²) in [5.74, 6) is 0.830. The van der Waals surface area contributed by atoms with Crippen LogP contribution in [0.1, 0.15) is 52.4 Å². The third-order valence-corrected chi connectivity index (χ3v) is 3.35. The fraction of sp³-hybridized carbons (Fsp3) is 1.00. The number of hydrogen-bond donors (Lipinski definition) is 1. The molecule has 1 aliphatic heterocycles. The monoisotopic (exact) mass is 213 g/mol. The molecule has 0 saturated carbocycles. The second kappa shape index (κ2) is 8.12. The van der Waals surface area contributed by atoms with E-state index < -0.39 is 0 Å². The lowest BCUT2D eigenvalue weighted by Gasteiger charge is -2.24. The SMILES string of the molecule is CCCNC(CC)CCC1CCCOC1. The van der Waals surface area contributed by atoms with Crippen molar-refractivity contribution in [3.05, 3.63) is 0 Å². The van der Waals surface area contributed by atoms with Crippen molar-refractivity contribution in [1.29, 1.82) is 0 Å². The van der Waals surface area contributed by atoms with E-state index in [1.807, 2.05) is 0 Å². The molecular weight excluding hydrogens is 186 g/mol. The van der Waals surface area contributed by atoms with E-state index in [9.17, 15) is 0 Å². The van der Waals surface area contributed by atoms with Crippen LogP contribution in [0.3, 0.4) is 0 Å². The van der Waals surface area contributed by atoms with E-state index in [0.717, 1.165) is 25.2 Å². The molecule has 2 atom stereocenters. The molecule has 1 heterocycles. The molecule has 15 heavy (non-hydrogen) atoms. The maximum atomic E-state index is 5.51. The molecule has 1 N–H and O–H groups in total. The summed E-state index contributed by atoms with van der Waals surface area (Å²) in [6, 6.07) is 0.729. The Morgan fingerprint density at radius 3 is 2.87 bits per heavy atom. The lowest BCUT2D eigenvalue weighted by molar-refractivity contribution is 0.0498. The molecule has 1 aliphatic rings. The first-order valence-electron chi connectivity index (χ1n) is 6.68. The third kappa shape index (κ3) is 5.53. The van der Waals surface area contributed by atoms with Gasteiger partial charge in [0.25, 0.3) is 0 Å². The average molecular weight is 213 g/mol. The van der Waals surface area contributed by atoms with E-state index >= 15 is 0 Å². The van der Waals surface area contributed by atoms with E-state index in [2.05, 4.69) is 19.2 Å². The predicted molar refractivity (Wildman–Crippen MR) is 65.1 cm³/mol. The second-order valence-electron chi connectivity index (χ2n) is 4.72. The molecule has 1 saturated heterocycles. The summed E-state index contributed by atoms with van der Waals surface area (Å²) in [5.41, 5.74) is 0. The van der Waals surface area contributed by atoms with Gasteiger partial charge in [-0.3, -0.25) is 0 Å². The third-order valence-electron chi connectivity index (χ3n) is 3.35. The van der Waals surface area contributed by atoms with Crippen LogP contribution in [-0.2, 0) is 4.74 Å². The van der Waals surface area contributed by atoms with Gasteiger partial charge in [0.05, 0.1) is 0 Å². The Morgan fingerprint density at radius 1 is 1.40 bits per heavy atom.